The number of nitrogens with zero attached hydrogens (tertiary/aromatic N) is 1. The number of piperidine rings is 2. The number of benzene rings is 2. The van der Waals surface area contributed by atoms with E-state index in [4.69, 9.17) is 0 Å². The van der Waals surface area contributed by atoms with Crippen molar-refractivity contribution in [3.8, 4) is 0 Å². The lowest BCUT2D eigenvalue weighted by atomic mass is 9.79. The van der Waals surface area contributed by atoms with E-state index in [-0.39, 0.29) is 11.4 Å². The zero-order chi connectivity index (χ0) is 20.1. The first-order chi connectivity index (χ1) is 14.1. The molecular formula is C25H33N3O. The summed E-state index contributed by atoms with van der Waals surface area (Å²) >= 11 is 0. The number of likely N-dealkylation sites (tertiary alicyclic amines) is 1. The second-order valence-corrected chi connectivity index (χ2v) is 8.68. The molecule has 29 heavy (non-hydrogen) atoms. The lowest BCUT2D eigenvalue weighted by Crippen LogP contribution is -2.56. The molecule has 2 saturated heterocycles. The van der Waals surface area contributed by atoms with Crippen LogP contribution in [0.3, 0.4) is 0 Å². The lowest BCUT2D eigenvalue weighted by Gasteiger charge is -2.47. The van der Waals surface area contributed by atoms with Crippen molar-refractivity contribution in [1.82, 2.24) is 15.5 Å². The van der Waals surface area contributed by atoms with Crippen LogP contribution in [0.15, 0.2) is 60.7 Å². The van der Waals surface area contributed by atoms with E-state index in [2.05, 4.69) is 70.1 Å². The fourth-order valence-electron chi connectivity index (χ4n) is 5.22. The van der Waals surface area contributed by atoms with Crippen LogP contribution < -0.4 is 10.6 Å². The quantitative estimate of drug-likeness (QED) is 0.820. The van der Waals surface area contributed by atoms with Crippen LogP contribution in [-0.2, 0) is 16.8 Å². The van der Waals surface area contributed by atoms with Crippen molar-refractivity contribution in [3.63, 3.8) is 0 Å². The number of rotatable bonds is 5. The number of amides is 1. The molecule has 2 aromatic carbocycles. The maximum Gasteiger partial charge on any atom is 0.217 e. The third kappa shape index (κ3) is 4.88. The monoisotopic (exact) mass is 391 g/mol. The van der Waals surface area contributed by atoms with Crippen LogP contribution in [0.2, 0.25) is 0 Å². The Kier molecular flexibility index (Phi) is 6.31. The number of carbonyl (C=O) groups excluding carboxylic acids is 1. The number of nitrogens with one attached hydrogen (secondary N) is 2. The minimum Gasteiger partial charge on any atom is -0.347 e. The maximum atomic E-state index is 12.0. The van der Waals surface area contributed by atoms with Gasteiger partial charge in [0.25, 0.3) is 0 Å². The van der Waals surface area contributed by atoms with Gasteiger partial charge in [0.1, 0.15) is 0 Å². The van der Waals surface area contributed by atoms with E-state index < -0.39 is 0 Å². The fourth-order valence-corrected chi connectivity index (χ4v) is 5.22. The molecule has 154 valence electrons. The largest absolute Gasteiger partial charge is 0.347 e. The van der Waals surface area contributed by atoms with E-state index in [1.54, 1.807) is 6.92 Å². The normalized spacial score (nSPS) is 24.7. The third-order valence-corrected chi connectivity index (χ3v) is 6.70. The van der Waals surface area contributed by atoms with Gasteiger partial charge in [-0.2, -0.15) is 0 Å². The number of hydrogen-bond acceptors (Lipinski definition) is 3. The molecular weight excluding hydrogens is 358 g/mol. The molecule has 0 saturated carbocycles. The standard InChI is InChI=1S/C25H33N3O/c1-20(29)27-25(22-10-6-3-7-11-22)13-16-28(17-14-25)24-12-15-26-23(19-24)18-21-8-4-2-5-9-21/h2-11,23-24,26H,12-19H2,1H3,(H,27,29)/t23-,24-/m1/s1. The predicted octanol–water partition coefficient (Wildman–Crippen LogP) is 3.48. The van der Waals surface area contributed by atoms with Crippen LogP contribution in [-0.4, -0.2) is 42.5 Å². The van der Waals surface area contributed by atoms with Gasteiger partial charge in [0, 0.05) is 32.1 Å². The molecule has 0 aliphatic carbocycles. The minimum atomic E-state index is -0.222. The molecule has 0 spiro atoms. The summed E-state index contributed by atoms with van der Waals surface area (Å²) in [6.45, 7) is 4.81. The highest BCUT2D eigenvalue weighted by Crippen LogP contribution is 2.35. The van der Waals surface area contributed by atoms with Crippen molar-refractivity contribution >= 4 is 5.91 Å². The predicted molar refractivity (Wildman–Crippen MR) is 118 cm³/mol. The van der Waals surface area contributed by atoms with Gasteiger partial charge in [-0.05, 0) is 49.8 Å². The highest BCUT2D eigenvalue weighted by molar-refractivity contribution is 5.74. The first kappa shape index (κ1) is 20.1. The summed E-state index contributed by atoms with van der Waals surface area (Å²) in [5, 5.41) is 7.02. The molecule has 2 aliphatic rings. The summed E-state index contributed by atoms with van der Waals surface area (Å²) in [5.74, 6) is 0.0621. The summed E-state index contributed by atoms with van der Waals surface area (Å²) in [6, 6.07) is 22.5. The summed E-state index contributed by atoms with van der Waals surface area (Å²) in [5.41, 5.74) is 2.43. The van der Waals surface area contributed by atoms with Crippen LogP contribution >= 0.6 is 0 Å². The van der Waals surface area contributed by atoms with Crippen molar-refractivity contribution in [2.75, 3.05) is 19.6 Å². The molecule has 4 nitrogen and oxygen atoms in total. The first-order valence-electron chi connectivity index (χ1n) is 11.0. The van der Waals surface area contributed by atoms with E-state index >= 15 is 0 Å². The van der Waals surface area contributed by atoms with Gasteiger partial charge >= 0.3 is 0 Å². The molecule has 0 aromatic heterocycles. The van der Waals surface area contributed by atoms with Crippen molar-refractivity contribution in [1.29, 1.82) is 0 Å². The van der Waals surface area contributed by atoms with Gasteiger partial charge in [-0.25, -0.2) is 0 Å². The van der Waals surface area contributed by atoms with Gasteiger partial charge < -0.3 is 15.5 Å². The van der Waals surface area contributed by atoms with Gasteiger partial charge in [0.2, 0.25) is 5.91 Å². The van der Waals surface area contributed by atoms with Crippen molar-refractivity contribution in [3.05, 3.63) is 71.8 Å². The molecule has 4 heteroatoms. The van der Waals surface area contributed by atoms with Crippen molar-refractivity contribution in [2.24, 2.45) is 0 Å². The summed E-state index contributed by atoms with van der Waals surface area (Å²) in [4.78, 5) is 14.6. The maximum absolute atomic E-state index is 12.0. The third-order valence-electron chi connectivity index (χ3n) is 6.70. The van der Waals surface area contributed by atoms with Crippen LogP contribution in [0.1, 0.15) is 43.7 Å². The lowest BCUT2D eigenvalue weighted by molar-refractivity contribution is -0.121. The average Bonchev–Trinajstić information content (AvgIpc) is 2.75. The Balaban J connectivity index is 1.39. The van der Waals surface area contributed by atoms with Crippen LogP contribution in [0.25, 0.3) is 0 Å². The van der Waals surface area contributed by atoms with Gasteiger partial charge in [0.05, 0.1) is 5.54 Å². The zero-order valence-electron chi connectivity index (χ0n) is 17.4. The second-order valence-electron chi connectivity index (χ2n) is 8.68. The Morgan fingerprint density at radius 2 is 1.72 bits per heavy atom. The highest BCUT2D eigenvalue weighted by Gasteiger charge is 2.39. The Hall–Kier alpha value is -2.17. The van der Waals surface area contributed by atoms with Crippen LogP contribution in [0, 0.1) is 0 Å². The summed E-state index contributed by atoms with van der Waals surface area (Å²) in [6.07, 6.45) is 5.47. The molecule has 0 bridgehead atoms. The van der Waals surface area contributed by atoms with Crippen LogP contribution in [0.4, 0.5) is 0 Å². The Morgan fingerprint density at radius 1 is 1.07 bits per heavy atom. The van der Waals surface area contributed by atoms with Crippen LogP contribution in [0.5, 0.6) is 0 Å². The molecule has 4 rings (SSSR count). The second kappa shape index (κ2) is 9.10. The van der Waals surface area contributed by atoms with Gasteiger partial charge in [-0.3, -0.25) is 4.79 Å². The Bertz CT molecular complexity index is 784. The van der Waals surface area contributed by atoms with Crippen molar-refractivity contribution in [2.45, 2.75) is 56.7 Å². The molecule has 2 atom stereocenters. The van der Waals surface area contributed by atoms with E-state index in [0.717, 1.165) is 38.9 Å². The molecule has 2 fully saturated rings. The minimum absolute atomic E-state index is 0.0621. The van der Waals surface area contributed by atoms with Gasteiger partial charge in [-0.15, -0.1) is 0 Å². The van der Waals surface area contributed by atoms with Gasteiger partial charge in [0.15, 0.2) is 0 Å². The molecule has 0 radical (unpaired) electrons. The molecule has 2 N–H and O–H groups in total. The smallest absolute Gasteiger partial charge is 0.217 e. The molecule has 2 heterocycles. The SMILES string of the molecule is CC(=O)NC1(c2ccccc2)CCN([C@@H]2CCN[C@H](Cc3ccccc3)C2)CC1. The molecule has 0 unspecified atom stereocenters. The van der Waals surface area contributed by atoms with E-state index in [0.29, 0.717) is 12.1 Å². The number of carbonyl (C=O) groups is 1. The highest BCUT2D eigenvalue weighted by atomic mass is 16.1. The average molecular weight is 392 g/mol. The molecule has 2 aromatic rings. The van der Waals surface area contributed by atoms with E-state index in [9.17, 15) is 4.79 Å². The van der Waals surface area contributed by atoms with E-state index in [1.165, 1.54) is 24.0 Å². The summed E-state index contributed by atoms with van der Waals surface area (Å²) < 4.78 is 0. The van der Waals surface area contributed by atoms with E-state index in [1.807, 2.05) is 6.07 Å². The van der Waals surface area contributed by atoms with Gasteiger partial charge in [-0.1, -0.05) is 60.7 Å². The Morgan fingerprint density at radius 3 is 2.38 bits per heavy atom. The first-order valence-corrected chi connectivity index (χ1v) is 11.0. The van der Waals surface area contributed by atoms with Crippen molar-refractivity contribution < 1.29 is 4.79 Å². The Labute approximate surface area is 174 Å². The summed E-state index contributed by atoms with van der Waals surface area (Å²) in [7, 11) is 0. The molecule has 2 aliphatic heterocycles. The number of hydrogen-bond donors (Lipinski definition) is 2. The topological polar surface area (TPSA) is 44.4 Å². The molecule has 1 amide bonds. The zero-order valence-corrected chi connectivity index (χ0v) is 17.4. The fraction of sp³-hybridized carbons (Fsp3) is 0.480.